The minimum atomic E-state index is -4.31. The van der Waals surface area contributed by atoms with Crippen LogP contribution in [-0.2, 0) is 33.5 Å². The number of carboxylic acids is 1. The van der Waals surface area contributed by atoms with Gasteiger partial charge in [0.2, 0.25) is 0 Å². The van der Waals surface area contributed by atoms with E-state index < -0.39 is 58.8 Å². The summed E-state index contributed by atoms with van der Waals surface area (Å²) in [4.78, 5) is 11.4. The molecule has 148 valence electrons. The van der Waals surface area contributed by atoms with Gasteiger partial charge in [0.05, 0.1) is 25.7 Å². The van der Waals surface area contributed by atoms with Crippen molar-refractivity contribution in [2.75, 3.05) is 13.7 Å². The number of ether oxygens (including phenoxy) is 4. The molecule has 0 aromatic heterocycles. The van der Waals surface area contributed by atoms with Gasteiger partial charge in [0.15, 0.2) is 6.29 Å². The quantitative estimate of drug-likeness (QED) is 0.685. The average Bonchev–Trinajstić information content (AvgIpc) is 3.35. The van der Waals surface area contributed by atoms with Crippen LogP contribution >= 0.6 is 0 Å². The molecule has 1 unspecified atom stereocenters. The first-order valence-electron chi connectivity index (χ1n) is 8.29. The maximum atomic E-state index is 11.5. The molecular formula is C16H19NO9S. The van der Waals surface area contributed by atoms with Crippen molar-refractivity contribution in [3.63, 3.8) is 0 Å². The van der Waals surface area contributed by atoms with Crippen LogP contribution in [-0.4, -0.2) is 57.6 Å². The number of carbonyl (C=O) groups is 1. The van der Waals surface area contributed by atoms with E-state index in [-0.39, 0.29) is 6.61 Å². The molecule has 27 heavy (non-hydrogen) atoms. The van der Waals surface area contributed by atoms with Crippen LogP contribution in [0.1, 0.15) is 11.9 Å². The predicted molar refractivity (Wildman–Crippen MR) is 87.8 cm³/mol. The van der Waals surface area contributed by atoms with Gasteiger partial charge in [-0.3, -0.25) is 8.98 Å². The van der Waals surface area contributed by atoms with Gasteiger partial charge in [0.1, 0.15) is 24.1 Å². The third-order valence-corrected chi connectivity index (χ3v) is 5.51. The van der Waals surface area contributed by atoms with Crippen LogP contribution < -0.4 is 9.88 Å². The molecule has 3 N–H and O–H groups in total. The lowest BCUT2D eigenvalue weighted by Gasteiger charge is -2.42. The van der Waals surface area contributed by atoms with Gasteiger partial charge in [-0.15, -0.1) is 0 Å². The van der Waals surface area contributed by atoms with Gasteiger partial charge in [0.25, 0.3) is 0 Å². The Hall–Kier alpha value is -1.76. The number of hydrogen-bond acceptors (Lipinski definition) is 8. The summed E-state index contributed by atoms with van der Waals surface area (Å²) in [5, 5.41) is 14.3. The number of carboxylic acid groups (broad SMARTS) is 1. The van der Waals surface area contributed by atoms with Crippen LogP contribution in [0.15, 0.2) is 24.3 Å². The molecule has 10 nitrogen and oxygen atoms in total. The Morgan fingerprint density at radius 1 is 1.22 bits per heavy atom. The van der Waals surface area contributed by atoms with Crippen LogP contribution in [0, 0.1) is 11.8 Å². The Bertz CT molecular complexity index is 827. The molecule has 1 aromatic carbocycles. The van der Waals surface area contributed by atoms with Gasteiger partial charge < -0.3 is 24.1 Å². The number of aliphatic carboxylic acids is 1. The van der Waals surface area contributed by atoms with Gasteiger partial charge in [0, 0.05) is 11.5 Å². The minimum Gasteiger partial charge on any atom is -0.497 e. The number of hydrogen-bond donors (Lipinski definition) is 2. The molecule has 2 aliphatic heterocycles. The second-order valence-corrected chi connectivity index (χ2v) is 7.85. The molecule has 2 heterocycles. The van der Waals surface area contributed by atoms with E-state index in [0.717, 1.165) is 0 Å². The van der Waals surface area contributed by atoms with Crippen LogP contribution in [0.3, 0.4) is 0 Å². The molecule has 1 aliphatic carbocycles. The Morgan fingerprint density at radius 2 is 1.93 bits per heavy atom. The highest BCUT2D eigenvalue weighted by molar-refractivity contribution is 7.84. The highest BCUT2D eigenvalue weighted by Gasteiger charge is 2.68. The van der Waals surface area contributed by atoms with E-state index in [2.05, 4.69) is 0 Å². The summed E-state index contributed by atoms with van der Waals surface area (Å²) in [6, 6.07) is 6.98. The lowest BCUT2D eigenvalue weighted by Crippen LogP contribution is -2.54. The SMILES string of the molecule is COc1ccc([C@@H]2OC[C@H]3O[C@@H]4C(C(=O)O)[C@@H]4[C@@H](OS(N)(=O)=O)[C@@H]3O2)cc1. The van der Waals surface area contributed by atoms with Crippen molar-refractivity contribution in [1.29, 1.82) is 0 Å². The maximum Gasteiger partial charge on any atom is 0.333 e. The Labute approximate surface area is 155 Å². The first kappa shape index (κ1) is 18.6. The molecule has 4 rings (SSSR count). The van der Waals surface area contributed by atoms with E-state index in [9.17, 15) is 18.3 Å². The Kier molecular flexibility index (Phi) is 4.61. The number of fused-ring (bicyclic) bond motifs is 2. The van der Waals surface area contributed by atoms with Crippen molar-refractivity contribution in [2.45, 2.75) is 30.7 Å². The molecule has 7 atom stereocenters. The van der Waals surface area contributed by atoms with Crippen LogP contribution in [0.25, 0.3) is 0 Å². The van der Waals surface area contributed by atoms with E-state index in [1.54, 1.807) is 31.4 Å². The summed E-state index contributed by atoms with van der Waals surface area (Å²) in [7, 11) is -2.76. The number of methoxy groups -OCH3 is 1. The largest absolute Gasteiger partial charge is 0.497 e. The molecule has 0 amide bonds. The first-order chi connectivity index (χ1) is 12.8. The fraction of sp³-hybridized carbons (Fsp3) is 0.562. The lowest BCUT2D eigenvalue weighted by atomic mass is 9.99. The van der Waals surface area contributed by atoms with Crippen molar-refractivity contribution in [2.24, 2.45) is 17.0 Å². The van der Waals surface area contributed by atoms with E-state index in [0.29, 0.717) is 11.3 Å². The fourth-order valence-electron chi connectivity index (χ4n) is 3.76. The summed E-state index contributed by atoms with van der Waals surface area (Å²) >= 11 is 0. The summed E-state index contributed by atoms with van der Waals surface area (Å²) in [5.74, 6) is -1.95. The molecule has 0 spiro atoms. The number of nitrogens with two attached hydrogens (primary N) is 1. The highest BCUT2D eigenvalue weighted by Crippen LogP contribution is 2.53. The maximum absolute atomic E-state index is 11.5. The zero-order chi connectivity index (χ0) is 19.3. The van der Waals surface area contributed by atoms with Crippen LogP contribution in [0.5, 0.6) is 5.75 Å². The zero-order valence-corrected chi connectivity index (χ0v) is 15.1. The summed E-state index contributed by atoms with van der Waals surface area (Å²) in [6.45, 7) is 0.0986. The molecule has 1 aromatic rings. The summed E-state index contributed by atoms with van der Waals surface area (Å²) in [5.41, 5.74) is 0.691. The molecule has 3 aliphatic rings. The van der Waals surface area contributed by atoms with Gasteiger partial charge in [-0.25, -0.2) is 5.14 Å². The lowest BCUT2D eigenvalue weighted by molar-refractivity contribution is -0.297. The van der Waals surface area contributed by atoms with Crippen LogP contribution in [0.4, 0.5) is 0 Å². The topological polar surface area (TPSA) is 144 Å². The average molecular weight is 401 g/mol. The molecule has 0 bridgehead atoms. The monoisotopic (exact) mass is 401 g/mol. The minimum absolute atomic E-state index is 0.0986. The van der Waals surface area contributed by atoms with Crippen molar-refractivity contribution in [1.82, 2.24) is 0 Å². The summed E-state index contributed by atoms with van der Waals surface area (Å²) < 4.78 is 50.4. The van der Waals surface area contributed by atoms with Gasteiger partial charge in [-0.2, -0.15) is 8.42 Å². The van der Waals surface area contributed by atoms with E-state index in [4.69, 9.17) is 28.3 Å². The molecule has 1 saturated carbocycles. The highest BCUT2D eigenvalue weighted by atomic mass is 32.2. The van der Waals surface area contributed by atoms with Crippen molar-refractivity contribution < 1.29 is 41.4 Å². The molecule has 2 saturated heterocycles. The molecular weight excluding hydrogens is 382 g/mol. The first-order valence-corrected chi connectivity index (χ1v) is 9.76. The zero-order valence-electron chi connectivity index (χ0n) is 14.3. The smallest absolute Gasteiger partial charge is 0.333 e. The third kappa shape index (κ3) is 3.53. The predicted octanol–water partition coefficient (Wildman–Crippen LogP) is -0.204. The van der Waals surface area contributed by atoms with Gasteiger partial charge in [-0.1, -0.05) is 12.1 Å². The second kappa shape index (κ2) is 6.69. The van der Waals surface area contributed by atoms with E-state index in [1.165, 1.54) is 0 Å². The molecule has 11 heteroatoms. The van der Waals surface area contributed by atoms with Gasteiger partial charge in [-0.05, 0) is 12.1 Å². The second-order valence-electron chi connectivity index (χ2n) is 6.67. The van der Waals surface area contributed by atoms with E-state index in [1.807, 2.05) is 0 Å². The normalized spacial score (nSPS) is 37.8. The van der Waals surface area contributed by atoms with Crippen molar-refractivity contribution in [3.8, 4) is 5.75 Å². The van der Waals surface area contributed by atoms with Crippen LogP contribution in [0.2, 0.25) is 0 Å². The van der Waals surface area contributed by atoms with Crippen molar-refractivity contribution in [3.05, 3.63) is 29.8 Å². The standard InChI is InChI=1S/C16H19NO9S/c1-22-8-4-2-7(3-5-8)16-23-6-9-12(25-16)14(26-27(17,20)21)10-11(15(18)19)13(10)24-9/h2-5,9-14,16H,6H2,1H3,(H,18,19)(H2,17,20,21)/t9-,10+,11?,12-,13+,14-,16-/m1/s1. The van der Waals surface area contributed by atoms with Crippen molar-refractivity contribution >= 4 is 16.3 Å². The number of benzene rings is 1. The molecule has 3 fully saturated rings. The number of rotatable bonds is 5. The molecule has 0 radical (unpaired) electrons. The third-order valence-electron chi connectivity index (χ3n) is 5.02. The fourth-order valence-corrected chi connectivity index (χ4v) is 4.31. The van der Waals surface area contributed by atoms with Gasteiger partial charge >= 0.3 is 16.3 Å². The Morgan fingerprint density at radius 3 is 2.52 bits per heavy atom. The van der Waals surface area contributed by atoms with E-state index >= 15 is 0 Å². The summed E-state index contributed by atoms with van der Waals surface area (Å²) in [6.07, 6.45) is -3.99. The Balaban J connectivity index is 1.57.